The summed E-state index contributed by atoms with van der Waals surface area (Å²) in [5, 5.41) is 13.8. The second-order valence-electron chi connectivity index (χ2n) is 20.3. The number of carbonyl (C=O) groups is 1. The number of amides is 1. The third kappa shape index (κ3) is 51.8. The predicted molar refractivity (Wildman–Crippen MR) is 295 cm³/mol. The van der Waals surface area contributed by atoms with Crippen LogP contribution in [0.15, 0.2) is 72.9 Å². The highest BCUT2D eigenvalue weighted by Crippen LogP contribution is 2.43. The van der Waals surface area contributed by atoms with Gasteiger partial charge in [0.25, 0.3) is 0 Å². The molecule has 0 saturated heterocycles. The highest BCUT2D eigenvalue weighted by Gasteiger charge is 2.27. The third-order valence-corrected chi connectivity index (χ3v) is 13.4. The van der Waals surface area contributed by atoms with Crippen LogP contribution in [-0.2, 0) is 18.4 Å². The van der Waals surface area contributed by atoms with Crippen molar-refractivity contribution < 1.29 is 32.9 Å². The van der Waals surface area contributed by atoms with Crippen LogP contribution in [0.2, 0.25) is 0 Å². The lowest BCUT2D eigenvalue weighted by Gasteiger charge is -2.25. The van der Waals surface area contributed by atoms with Crippen LogP contribution in [0, 0.1) is 0 Å². The van der Waals surface area contributed by atoms with E-state index in [0.29, 0.717) is 17.4 Å². The molecule has 0 aliphatic rings. The summed E-state index contributed by atoms with van der Waals surface area (Å²) < 4.78 is 23.6. The number of aliphatic hydroxyl groups excluding tert-OH is 1. The standard InChI is InChI=1S/C59H109N2O6P/c1-6-8-10-12-14-16-17-18-19-20-21-22-23-24-25-26-27-28-29-30-31-32-33-34-35-36-37-38-39-40-41-42-43-45-47-49-51-53-59(63)60-57(56-67-68(64,65)66-55-54-61(3,4)5)58(62)52-50-48-46-44-15-13-11-9-7-2/h8,10,14,16,18-19,21-22,24-25,50,52,57-58,62H,6-7,9,11-13,15,17,20,23,26-49,51,53-56H2,1-5H3,(H-,60,63,64,65)/p+1/b10-8-,16-14-,19-18-,22-21-,25-24-,52-50+. The number of unbranched alkanes of at least 4 members (excludes halogenated alkanes) is 28. The van der Waals surface area contributed by atoms with Crippen molar-refractivity contribution in [3.63, 3.8) is 0 Å². The second-order valence-corrected chi connectivity index (χ2v) is 21.7. The summed E-state index contributed by atoms with van der Waals surface area (Å²) in [5.74, 6) is -0.178. The number of allylic oxidation sites excluding steroid dienone is 11. The summed E-state index contributed by atoms with van der Waals surface area (Å²) in [7, 11) is 1.57. The summed E-state index contributed by atoms with van der Waals surface area (Å²) in [6, 6.07) is -0.844. The average molecular weight is 975 g/mol. The maximum Gasteiger partial charge on any atom is 0.472 e. The Morgan fingerprint density at radius 3 is 1.29 bits per heavy atom. The summed E-state index contributed by atoms with van der Waals surface area (Å²) in [5.41, 5.74) is 0. The Morgan fingerprint density at radius 1 is 0.515 bits per heavy atom. The van der Waals surface area contributed by atoms with E-state index >= 15 is 0 Å². The minimum Gasteiger partial charge on any atom is -0.387 e. The van der Waals surface area contributed by atoms with Crippen LogP contribution in [-0.4, -0.2) is 73.4 Å². The molecule has 0 bridgehead atoms. The van der Waals surface area contributed by atoms with Gasteiger partial charge in [0.15, 0.2) is 0 Å². The molecule has 68 heavy (non-hydrogen) atoms. The number of nitrogens with zero attached hydrogens (tertiary/aromatic N) is 1. The van der Waals surface area contributed by atoms with Crippen molar-refractivity contribution in [2.45, 2.75) is 257 Å². The van der Waals surface area contributed by atoms with Crippen LogP contribution in [0.4, 0.5) is 0 Å². The van der Waals surface area contributed by atoms with Gasteiger partial charge < -0.3 is 19.8 Å². The Bertz CT molecular complexity index is 1330. The lowest BCUT2D eigenvalue weighted by molar-refractivity contribution is -0.870. The van der Waals surface area contributed by atoms with E-state index < -0.39 is 20.0 Å². The number of carbonyl (C=O) groups excluding carboxylic acids is 1. The summed E-state index contributed by atoms with van der Waals surface area (Å²) >= 11 is 0. The van der Waals surface area contributed by atoms with E-state index in [4.69, 9.17) is 9.05 Å². The van der Waals surface area contributed by atoms with E-state index in [0.717, 1.165) is 70.6 Å². The Hall–Kier alpha value is -2.06. The van der Waals surface area contributed by atoms with Crippen molar-refractivity contribution >= 4 is 13.7 Å². The van der Waals surface area contributed by atoms with Crippen molar-refractivity contribution in [2.24, 2.45) is 0 Å². The van der Waals surface area contributed by atoms with E-state index in [1.54, 1.807) is 6.08 Å². The largest absolute Gasteiger partial charge is 0.472 e. The summed E-state index contributed by atoms with van der Waals surface area (Å²) in [4.78, 5) is 23.2. The molecular weight excluding hydrogens is 864 g/mol. The Balaban J connectivity index is 3.87. The maximum absolute atomic E-state index is 12.9. The lowest BCUT2D eigenvalue weighted by Crippen LogP contribution is -2.45. The molecule has 0 rings (SSSR count). The highest BCUT2D eigenvalue weighted by atomic mass is 31.2. The van der Waals surface area contributed by atoms with Gasteiger partial charge in [-0.15, -0.1) is 0 Å². The zero-order chi connectivity index (χ0) is 49.9. The first-order chi connectivity index (χ1) is 33.0. The second kappa shape index (κ2) is 49.9. The first-order valence-electron chi connectivity index (χ1n) is 28.3. The molecule has 3 atom stereocenters. The van der Waals surface area contributed by atoms with E-state index in [9.17, 15) is 19.4 Å². The number of nitrogens with one attached hydrogen (secondary N) is 1. The van der Waals surface area contributed by atoms with Crippen molar-refractivity contribution in [3.05, 3.63) is 72.9 Å². The topological polar surface area (TPSA) is 105 Å². The van der Waals surface area contributed by atoms with Gasteiger partial charge in [-0.3, -0.25) is 13.8 Å². The average Bonchev–Trinajstić information content (AvgIpc) is 3.30. The molecule has 0 saturated carbocycles. The molecule has 0 radical (unpaired) electrons. The third-order valence-electron chi connectivity index (χ3n) is 12.4. The van der Waals surface area contributed by atoms with E-state index in [2.05, 4.69) is 79.9 Å². The molecular formula is C59H110N2O6P+. The smallest absolute Gasteiger partial charge is 0.387 e. The molecule has 0 heterocycles. The van der Waals surface area contributed by atoms with Crippen molar-refractivity contribution in [2.75, 3.05) is 40.9 Å². The van der Waals surface area contributed by atoms with Crippen molar-refractivity contribution in [1.82, 2.24) is 5.32 Å². The van der Waals surface area contributed by atoms with Crippen LogP contribution in [0.5, 0.6) is 0 Å². The number of hydrogen-bond acceptors (Lipinski definition) is 5. The number of phosphoric ester groups is 1. The van der Waals surface area contributed by atoms with Gasteiger partial charge in [-0.25, -0.2) is 4.57 Å². The minimum absolute atomic E-state index is 0.0610. The normalized spacial score (nSPS) is 14.5. The van der Waals surface area contributed by atoms with Gasteiger partial charge in [-0.2, -0.15) is 0 Å². The Kier molecular flexibility index (Phi) is 48.4. The Morgan fingerprint density at radius 2 is 0.882 bits per heavy atom. The van der Waals surface area contributed by atoms with Crippen LogP contribution >= 0.6 is 7.82 Å². The Labute approximate surface area is 421 Å². The lowest BCUT2D eigenvalue weighted by atomic mass is 10.0. The zero-order valence-electron chi connectivity index (χ0n) is 45.1. The van der Waals surface area contributed by atoms with Gasteiger partial charge in [0, 0.05) is 6.42 Å². The predicted octanol–water partition coefficient (Wildman–Crippen LogP) is 17.1. The monoisotopic (exact) mass is 974 g/mol. The van der Waals surface area contributed by atoms with Gasteiger partial charge in [-0.1, -0.05) is 247 Å². The molecule has 3 N–H and O–H groups in total. The van der Waals surface area contributed by atoms with Crippen LogP contribution in [0.1, 0.15) is 245 Å². The van der Waals surface area contributed by atoms with Gasteiger partial charge >= 0.3 is 7.82 Å². The number of phosphoric acid groups is 1. The van der Waals surface area contributed by atoms with E-state index in [-0.39, 0.29) is 19.1 Å². The summed E-state index contributed by atoms with van der Waals surface area (Å²) in [6.45, 7) is 4.67. The number of quaternary nitrogens is 1. The quantitative estimate of drug-likeness (QED) is 0.0243. The van der Waals surface area contributed by atoms with Crippen LogP contribution in [0.3, 0.4) is 0 Å². The van der Waals surface area contributed by atoms with Crippen LogP contribution in [0.25, 0.3) is 0 Å². The molecule has 0 spiro atoms. The molecule has 9 heteroatoms. The molecule has 0 aromatic carbocycles. The zero-order valence-corrected chi connectivity index (χ0v) is 46.0. The molecule has 396 valence electrons. The summed E-state index contributed by atoms with van der Waals surface area (Å²) in [6.07, 6.45) is 68.9. The van der Waals surface area contributed by atoms with E-state index in [1.165, 1.54) is 154 Å². The SMILES string of the molecule is CC/C=C\C/C=C\C/C=C\C/C=C\C/C=C\CCCCCCCCCCCCCCCCCCCCCCCC(=O)NC(COP(=O)(O)OCC[N+](C)(C)C)C(O)/C=C/CCCCCCCCC. The molecule has 8 nitrogen and oxygen atoms in total. The van der Waals surface area contributed by atoms with Gasteiger partial charge in [0.1, 0.15) is 13.2 Å². The molecule has 0 aliphatic carbocycles. The number of hydrogen-bond donors (Lipinski definition) is 3. The molecule has 0 fully saturated rings. The first kappa shape index (κ1) is 65.9. The van der Waals surface area contributed by atoms with E-state index in [1.807, 2.05) is 27.2 Å². The minimum atomic E-state index is -4.34. The molecule has 0 aromatic heterocycles. The molecule has 0 aliphatic heterocycles. The van der Waals surface area contributed by atoms with Crippen molar-refractivity contribution in [3.8, 4) is 0 Å². The fraction of sp³-hybridized carbons (Fsp3) is 0.780. The van der Waals surface area contributed by atoms with Gasteiger partial charge in [0.2, 0.25) is 5.91 Å². The number of likely N-dealkylation sites (N-methyl/N-ethyl adjacent to an activating group) is 1. The highest BCUT2D eigenvalue weighted by molar-refractivity contribution is 7.47. The van der Waals surface area contributed by atoms with Gasteiger partial charge in [-0.05, 0) is 64.2 Å². The molecule has 1 amide bonds. The number of aliphatic hydroxyl groups is 1. The molecule has 3 unspecified atom stereocenters. The first-order valence-corrected chi connectivity index (χ1v) is 29.8. The fourth-order valence-electron chi connectivity index (χ4n) is 8.01. The van der Waals surface area contributed by atoms with Crippen molar-refractivity contribution in [1.29, 1.82) is 0 Å². The molecule has 0 aromatic rings. The van der Waals surface area contributed by atoms with Gasteiger partial charge in [0.05, 0.1) is 39.9 Å². The van der Waals surface area contributed by atoms with Crippen LogP contribution < -0.4 is 5.32 Å². The maximum atomic E-state index is 12.9. The number of rotatable bonds is 51. The fourth-order valence-corrected chi connectivity index (χ4v) is 8.75.